The predicted octanol–water partition coefficient (Wildman–Crippen LogP) is 4.72. The lowest BCUT2D eigenvalue weighted by Crippen LogP contribution is -2.19. The van der Waals surface area contributed by atoms with Crippen molar-refractivity contribution in [3.05, 3.63) is 11.1 Å². The Labute approximate surface area is 122 Å². The van der Waals surface area contributed by atoms with E-state index in [0.717, 1.165) is 6.54 Å². The highest BCUT2D eigenvalue weighted by molar-refractivity contribution is 7.05. The van der Waals surface area contributed by atoms with E-state index in [9.17, 15) is 0 Å². The van der Waals surface area contributed by atoms with Crippen LogP contribution in [0, 0.1) is 0 Å². The van der Waals surface area contributed by atoms with Gasteiger partial charge in [0, 0.05) is 6.04 Å². The molecule has 0 saturated heterocycles. The van der Waals surface area contributed by atoms with Gasteiger partial charge in [-0.2, -0.15) is 0 Å². The molecule has 19 heavy (non-hydrogen) atoms. The maximum absolute atomic E-state index is 3.96. The molecule has 0 aliphatic rings. The van der Waals surface area contributed by atoms with Gasteiger partial charge in [0.1, 0.15) is 0 Å². The molecule has 1 atom stereocenters. The molecule has 0 aromatic carbocycles. The molecule has 0 amide bonds. The quantitative estimate of drug-likeness (QED) is 0.564. The molecule has 1 aromatic heterocycles. The van der Waals surface area contributed by atoms with Gasteiger partial charge in [-0.15, -0.1) is 5.10 Å². The minimum absolute atomic E-state index is 0.463. The molecule has 110 valence electrons. The van der Waals surface area contributed by atoms with E-state index in [0.29, 0.717) is 6.04 Å². The normalized spacial score (nSPS) is 12.7. The Balaban J connectivity index is 2.06. The first-order chi connectivity index (χ1) is 9.38. The Morgan fingerprint density at radius 2 is 1.74 bits per heavy atom. The highest BCUT2D eigenvalue weighted by Gasteiger charge is 2.11. The molecule has 0 aliphatic heterocycles. The zero-order chi connectivity index (χ0) is 13.8. The van der Waals surface area contributed by atoms with Crippen molar-refractivity contribution in [1.29, 1.82) is 0 Å². The summed E-state index contributed by atoms with van der Waals surface area (Å²) in [6.45, 7) is 5.45. The maximum atomic E-state index is 3.96. The van der Waals surface area contributed by atoms with E-state index in [2.05, 4.69) is 28.8 Å². The Hall–Kier alpha value is -0.480. The van der Waals surface area contributed by atoms with Crippen LogP contribution in [0.15, 0.2) is 6.20 Å². The average Bonchev–Trinajstić information content (AvgIpc) is 2.94. The Bertz CT molecular complexity index is 288. The number of hydrogen-bond acceptors (Lipinski definition) is 4. The number of nitrogens with zero attached hydrogens (tertiary/aromatic N) is 2. The SMILES string of the molecule is CCCCCCCCCCC(NCC)c1cnns1. The summed E-state index contributed by atoms with van der Waals surface area (Å²) in [4.78, 5) is 1.28. The van der Waals surface area contributed by atoms with Crippen molar-refractivity contribution < 1.29 is 0 Å². The van der Waals surface area contributed by atoms with Crippen molar-refractivity contribution in [3.8, 4) is 0 Å². The van der Waals surface area contributed by atoms with E-state index < -0.39 is 0 Å². The Morgan fingerprint density at radius 3 is 2.32 bits per heavy atom. The molecule has 0 fully saturated rings. The van der Waals surface area contributed by atoms with Crippen LogP contribution in [0.3, 0.4) is 0 Å². The van der Waals surface area contributed by atoms with Gasteiger partial charge in [-0.05, 0) is 24.5 Å². The zero-order valence-corrected chi connectivity index (χ0v) is 13.3. The molecule has 1 N–H and O–H groups in total. The standard InChI is InChI=1S/C15H29N3S/c1-3-5-6-7-8-9-10-11-12-14(16-4-2)15-13-17-18-19-15/h13-14,16H,3-12H2,1-2H3. The van der Waals surface area contributed by atoms with Crippen molar-refractivity contribution >= 4 is 11.5 Å². The summed E-state index contributed by atoms with van der Waals surface area (Å²) in [6, 6.07) is 0.463. The third kappa shape index (κ3) is 7.63. The van der Waals surface area contributed by atoms with Gasteiger partial charge in [0.15, 0.2) is 0 Å². The molecule has 0 bridgehead atoms. The summed E-state index contributed by atoms with van der Waals surface area (Å²) in [5, 5.41) is 7.47. The first-order valence-electron chi connectivity index (χ1n) is 7.89. The number of unbranched alkanes of at least 4 members (excludes halogenated alkanes) is 7. The number of aromatic nitrogens is 2. The lowest BCUT2D eigenvalue weighted by atomic mass is 10.0. The fraction of sp³-hybridized carbons (Fsp3) is 0.867. The Kier molecular flexibility index (Phi) is 9.91. The molecular weight excluding hydrogens is 254 g/mol. The molecule has 1 unspecified atom stereocenters. The topological polar surface area (TPSA) is 37.8 Å². The smallest absolute Gasteiger partial charge is 0.0669 e. The van der Waals surface area contributed by atoms with Gasteiger partial charge in [-0.1, -0.05) is 69.7 Å². The summed E-state index contributed by atoms with van der Waals surface area (Å²) >= 11 is 1.52. The van der Waals surface area contributed by atoms with Gasteiger partial charge in [0.2, 0.25) is 0 Å². The fourth-order valence-corrected chi connectivity index (χ4v) is 3.01. The highest BCUT2D eigenvalue weighted by Crippen LogP contribution is 2.22. The third-order valence-electron chi connectivity index (χ3n) is 3.52. The van der Waals surface area contributed by atoms with Crippen LogP contribution in [0.25, 0.3) is 0 Å². The molecule has 1 aromatic rings. The molecule has 4 heteroatoms. The van der Waals surface area contributed by atoms with Gasteiger partial charge >= 0.3 is 0 Å². The lowest BCUT2D eigenvalue weighted by Gasteiger charge is -2.15. The molecule has 3 nitrogen and oxygen atoms in total. The monoisotopic (exact) mass is 283 g/mol. The van der Waals surface area contributed by atoms with E-state index >= 15 is 0 Å². The predicted molar refractivity (Wildman–Crippen MR) is 83.6 cm³/mol. The molecule has 0 radical (unpaired) electrons. The fourth-order valence-electron chi connectivity index (χ4n) is 2.40. The molecule has 1 rings (SSSR count). The van der Waals surface area contributed by atoms with E-state index in [4.69, 9.17) is 0 Å². The highest BCUT2D eigenvalue weighted by atomic mass is 32.1. The number of nitrogens with one attached hydrogen (secondary N) is 1. The average molecular weight is 283 g/mol. The van der Waals surface area contributed by atoms with Crippen molar-refractivity contribution in [2.24, 2.45) is 0 Å². The van der Waals surface area contributed by atoms with Gasteiger partial charge < -0.3 is 5.32 Å². The summed E-state index contributed by atoms with van der Waals surface area (Å²) in [5.41, 5.74) is 0. The maximum Gasteiger partial charge on any atom is 0.0669 e. The summed E-state index contributed by atoms with van der Waals surface area (Å²) < 4.78 is 3.96. The van der Waals surface area contributed by atoms with Crippen LogP contribution in [0.1, 0.15) is 82.6 Å². The molecule has 1 heterocycles. The zero-order valence-electron chi connectivity index (χ0n) is 12.5. The van der Waals surface area contributed by atoms with E-state index in [1.807, 2.05) is 6.20 Å². The summed E-state index contributed by atoms with van der Waals surface area (Å²) in [5.74, 6) is 0. The van der Waals surface area contributed by atoms with Crippen molar-refractivity contribution in [3.63, 3.8) is 0 Å². The van der Waals surface area contributed by atoms with Crippen LogP contribution in [-0.2, 0) is 0 Å². The molecule has 0 aliphatic carbocycles. The first-order valence-corrected chi connectivity index (χ1v) is 8.66. The van der Waals surface area contributed by atoms with E-state index in [-0.39, 0.29) is 0 Å². The Morgan fingerprint density at radius 1 is 1.05 bits per heavy atom. The van der Waals surface area contributed by atoms with Crippen molar-refractivity contribution in [2.75, 3.05) is 6.54 Å². The number of rotatable bonds is 12. The van der Waals surface area contributed by atoms with Gasteiger partial charge in [-0.3, -0.25) is 0 Å². The van der Waals surface area contributed by atoms with Crippen LogP contribution >= 0.6 is 11.5 Å². The summed E-state index contributed by atoms with van der Waals surface area (Å²) in [7, 11) is 0. The second-order valence-electron chi connectivity index (χ2n) is 5.19. The van der Waals surface area contributed by atoms with Gasteiger partial charge in [0.05, 0.1) is 11.1 Å². The molecule has 0 saturated carbocycles. The minimum Gasteiger partial charge on any atom is -0.309 e. The van der Waals surface area contributed by atoms with Crippen LogP contribution in [-0.4, -0.2) is 16.1 Å². The van der Waals surface area contributed by atoms with Crippen LogP contribution in [0.5, 0.6) is 0 Å². The first kappa shape index (κ1) is 16.6. The van der Waals surface area contributed by atoms with Crippen LogP contribution in [0.4, 0.5) is 0 Å². The van der Waals surface area contributed by atoms with Crippen LogP contribution < -0.4 is 5.32 Å². The second-order valence-corrected chi connectivity index (χ2v) is 6.01. The third-order valence-corrected chi connectivity index (χ3v) is 4.30. The number of hydrogen-bond donors (Lipinski definition) is 1. The van der Waals surface area contributed by atoms with Crippen molar-refractivity contribution in [1.82, 2.24) is 14.9 Å². The molecule has 0 spiro atoms. The van der Waals surface area contributed by atoms with Crippen LogP contribution in [0.2, 0.25) is 0 Å². The van der Waals surface area contributed by atoms with E-state index in [1.54, 1.807) is 0 Å². The minimum atomic E-state index is 0.463. The summed E-state index contributed by atoms with van der Waals surface area (Å²) in [6.07, 6.45) is 14.2. The van der Waals surface area contributed by atoms with Gasteiger partial charge in [-0.25, -0.2) is 0 Å². The second kappa shape index (κ2) is 11.4. The lowest BCUT2D eigenvalue weighted by molar-refractivity contribution is 0.479. The van der Waals surface area contributed by atoms with Gasteiger partial charge in [0.25, 0.3) is 0 Å². The molecular formula is C15H29N3S. The van der Waals surface area contributed by atoms with Crippen molar-refractivity contribution in [2.45, 2.75) is 77.7 Å². The van der Waals surface area contributed by atoms with E-state index in [1.165, 1.54) is 74.2 Å². The largest absolute Gasteiger partial charge is 0.309 e.